The van der Waals surface area contributed by atoms with Crippen molar-refractivity contribution in [2.24, 2.45) is 0 Å². The molecule has 98 valence electrons. The Morgan fingerprint density at radius 3 is 2.79 bits per heavy atom. The van der Waals surface area contributed by atoms with Gasteiger partial charge in [0.1, 0.15) is 16.7 Å². The van der Waals surface area contributed by atoms with Crippen molar-refractivity contribution in [3.8, 4) is 11.6 Å². The van der Waals surface area contributed by atoms with E-state index in [2.05, 4.69) is 20.9 Å². The molecule has 0 aliphatic carbocycles. The fourth-order valence-electron chi connectivity index (χ4n) is 1.29. The standard InChI is InChI=1S/C11H5BrClFN2O3/c12-8-2-1-6(14)3-9(8)19-11-5-7(16(17)18)4-10(13)15-11/h1-5H. The van der Waals surface area contributed by atoms with E-state index in [1.165, 1.54) is 12.1 Å². The zero-order valence-corrected chi connectivity index (χ0v) is 11.5. The molecule has 19 heavy (non-hydrogen) atoms. The molecular formula is C11H5BrClFN2O3. The van der Waals surface area contributed by atoms with Crippen LogP contribution in [0.15, 0.2) is 34.8 Å². The summed E-state index contributed by atoms with van der Waals surface area (Å²) in [6, 6.07) is 6.01. The third-order valence-corrected chi connectivity index (χ3v) is 2.92. The Bertz CT molecular complexity index is 654. The van der Waals surface area contributed by atoms with Crippen molar-refractivity contribution in [3.63, 3.8) is 0 Å². The third-order valence-electron chi connectivity index (χ3n) is 2.07. The molecule has 0 atom stereocenters. The van der Waals surface area contributed by atoms with Crippen LogP contribution in [0.5, 0.6) is 11.6 Å². The van der Waals surface area contributed by atoms with E-state index in [4.69, 9.17) is 16.3 Å². The molecule has 8 heteroatoms. The number of hydrogen-bond donors (Lipinski definition) is 0. The summed E-state index contributed by atoms with van der Waals surface area (Å²) >= 11 is 8.82. The highest BCUT2D eigenvalue weighted by Crippen LogP contribution is 2.31. The molecule has 0 aliphatic heterocycles. The molecule has 0 unspecified atom stereocenters. The van der Waals surface area contributed by atoms with Gasteiger partial charge in [-0.1, -0.05) is 11.6 Å². The highest BCUT2D eigenvalue weighted by atomic mass is 79.9. The lowest BCUT2D eigenvalue weighted by molar-refractivity contribution is -0.385. The highest BCUT2D eigenvalue weighted by molar-refractivity contribution is 9.10. The average molecular weight is 348 g/mol. The zero-order chi connectivity index (χ0) is 14.0. The Balaban J connectivity index is 2.38. The maximum Gasteiger partial charge on any atom is 0.277 e. The molecule has 0 fully saturated rings. The first-order valence-corrected chi connectivity index (χ1v) is 6.07. The summed E-state index contributed by atoms with van der Waals surface area (Å²) in [5.41, 5.74) is -0.262. The van der Waals surface area contributed by atoms with E-state index in [-0.39, 0.29) is 22.5 Å². The van der Waals surface area contributed by atoms with Crippen LogP contribution in [0.4, 0.5) is 10.1 Å². The van der Waals surface area contributed by atoms with Crippen LogP contribution >= 0.6 is 27.5 Å². The van der Waals surface area contributed by atoms with Gasteiger partial charge in [-0.25, -0.2) is 9.37 Å². The van der Waals surface area contributed by atoms with Crippen LogP contribution in [0, 0.1) is 15.9 Å². The van der Waals surface area contributed by atoms with Crippen molar-refractivity contribution in [1.82, 2.24) is 4.98 Å². The van der Waals surface area contributed by atoms with Crippen LogP contribution in [0.3, 0.4) is 0 Å². The van der Waals surface area contributed by atoms with Crippen molar-refractivity contribution >= 4 is 33.2 Å². The molecule has 0 N–H and O–H groups in total. The summed E-state index contributed by atoms with van der Waals surface area (Å²) in [5, 5.41) is 10.6. The van der Waals surface area contributed by atoms with Crippen molar-refractivity contribution < 1.29 is 14.1 Å². The van der Waals surface area contributed by atoms with Gasteiger partial charge in [-0.3, -0.25) is 10.1 Å². The van der Waals surface area contributed by atoms with Gasteiger partial charge in [-0.15, -0.1) is 0 Å². The van der Waals surface area contributed by atoms with E-state index in [1.807, 2.05) is 0 Å². The number of halogens is 3. The normalized spacial score (nSPS) is 10.3. The minimum absolute atomic E-state index is 0.0864. The van der Waals surface area contributed by atoms with Gasteiger partial charge in [0.2, 0.25) is 5.88 Å². The number of pyridine rings is 1. The molecule has 0 amide bonds. The van der Waals surface area contributed by atoms with Crippen molar-refractivity contribution in [2.45, 2.75) is 0 Å². The van der Waals surface area contributed by atoms with Gasteiger partial charge in [-0.05, 0) is 28.1 Å². The maximum atomic E-state index is 13.1. The van der Waals surface area contributed by atoms with Gasteiger partial charge in [0.05, 0.1) is 21.5 Å². The van der Waals surface area contributed by atoms with Gasteiger partial charge in [0.25, 0.3) is 5.69 Å². The Hall–Kier alpha value is -1.73. The van der Waals surface area contributed by atoms with Gasteiger partial charge < -0.3 is 4.74 Å². The van der Waals surface area contributed by atoms with Gasteiger partial charge >= 0.3 is 0 Å². The Labute approximate surface area is 120 Å². The first kappa shape index (κ1) is 13.7. The largest absolute Gasteiger partial charge is 0.437 e. The van der Waals surface area contributed by atoms with Crippen LogP contribution in [0.1, 0.15) is 0 Å². The fraction of sp³-hybridized carbons (Fsp3) is 0. The molecule has 1 aromatic heterocycles. The molecule has 0 spiro atoms. The van der Waals surface area contributed by atoms with Crippen molar-refractivity contribution in [2.75, 3.05) is 0 Å². The van der Waals surface area contributed by atoms with E-state index in [0.717, 1.165) is 18.2 Å². The molecule has 5 nitrogen and oxygen atoms in total. The van der Waals surface area contributed by atoms with Gasteiger partial charge in [-0.2, -0.15) is 0 Å². The second-order valence-electron chi connectivity index (χ2n) is 3.42. The lowest BCUT2D eigenvalue weighted by Gasteiger charge is -2.07. The number of nitro groups is 1. The van der Waals surface area contributed by atoms with Gasteiger partial charge in [0.15, 0.2) is 0 Å². The number of aromatic nitrogens is 1. The fourth-order valence-corrected chi connectivity index (χ4v) is 1.81. The molecule has 1 heterocycles. The van der Waals surface area contributed by atoms with Crippen molar-refractivity contribution in [1.29, 1.82) is 0 Å². The first-order valence-electron chi connectivity index (χ1n) is 4.90. The monoisotopic (exact) mass is 346 g/mol. The zero-order valence-electron chi connectivity index (χ0n) is 9.14. The molecular weight excluding hydrogens is 342 g/mol. The molecule has 0 aliphatic rings. The lowest BCUT2D eigenvalue weighted by Crippen LogP contribution is -1.94. The second kappa shape index (κ2) is 5.50. The Morgan fingerprint density at radius 2 is 2.11 bits per heavy atom. The summed E-state index contributed by atoms with van der Waals surface area (Å²) in [7, 11) is 0. The number of hydrogen-bond acceptors (Lipinski definition) is 4. The minimum Gasteiger partial charge on any atom is -0.437 e. The Morgan fingerprint density at radius 1 is 1.37 bits per heavy atom. The Kier molecular flexibility index (Phi) is 3.96. The van der Waals surface area contributed by atoms with E-state index in [9.17, 15) is 14.5 Å². The molecule has 0 saturated heterocycles. The SMILES string of the molecule is O=[N+]([O-])c1cc(Cl)nc(Oc2cc(F)ccc2Br)c1. The molecule has 2 rings (SSSR count). The van der Waals surface area contributed by atoms with E-state index >= 15 is 0 Å². The summed E-state index contributed by atoms with van der Waals surface area (Å²) in [6.07, 6.45) is 0. The smallest absolute Gasteiger partial charge is 0.277 e. The maximum absolute atomic E-state index is 13.1. The van der Waals surface area contributed by atoms with Gasteiger partial charge in [0, 0.05) is 6.07 Å². The predicted molar refractivity (Wildman–Crippen MR) is 70.1 cm³/mol. The number of benzene rings is 1. The molecule has 1 aromatic carbocycles. The molecule has 0 bridgehead atoms. The van der Waals surface area contributed by atoms with E-state index < -0.39 is 10.7 Å². The first-order chi connectivity index (χ1) is 8.95. The second-order valence-corrected chi connectivity index (χ2v) is 4.66. The molecule has 0 saturated carbocycles. The van der Waals surface area contributed by atoms with Crippen LogP contribution < -0.4 is 4.74 Å². The molecule has 0 radical (unpaired) electrons. The average Bonchev–Trinajstić information content (AvgIpc) is 2.33. The van der Waals surface area contributed by atoms with Crippen molar-refractivity contribution in [3.05, 3.63) is 55.9 Å². The lowest BCUT2D eigenvalue weighted by atomic mass is 10.3. The third kappa shape index (κ3) is 3.39. The highest BCUT2D eigenvalue weighted by Gasteiger charge is 2.13. The van der Waals surface area contributed by atoms with Crippen LogP contribution in [-0.4, -0.2) is 9.91 Å². The summed E-state index contributed by atoms with van der Waals surface area (Å²) in [5.74, 6) is -0.454. The van der Waals surface area contributed by atoms with E-state index in [0.29, 0.717) is 4.47 Å². The van der Waals surface area contributed by atoms with Crippen LogP contribution in [-0.2, 0) is 0 Å². The topological polar surface area (TPSA) is 65.3 Å². The van der Waals surface area contributed by atoms with E-state index in [1.54, 1.807) is 0 Å². The summed E-state index contributed by atoms with van der Waals surface area (Å²) in [6.45, 7) is 0. The number of nitrogens with zero attached hydrogens (tertiary/aromatic N) is 2. The quantitative estimate of drug-likeness (QED) is 0.471. The minimum atomic E-state index is -0.624. The van der Waals surface area contributed by atoms with Crippen LogP contribution in [0.25, 0.3) is 0 Å². The van der Waals surface area contributed by atoms with Crippen LogP contribution in [0.2, 0.25) is 5.15 Å². The summed E-state index contributed by atoms with van der Waals surface area (Å²) in [4.78, 5) is 13.8. The number of ether oxygens (including phenoxy) is 1. The summed E-state index contributed by atoms with van der Waals surface area (Å²) < 4.78 is 18.8. The predicted octanol–water partition coefficient (Wildman–Crippen LogP) is 4.34. The molecule has 2 aromatic rings. The number of rotatable bonds is 3.